The van der Waals surface area contributed by atoms with Crippen LogP contribution in [0.5, 0.6) is 5.75 Å². The Bertz CT molecular complexity index is 781. The van der Waals surface area contributed by atoms with Crippen LogP contribution in [0.1, 0.15) is 16.7 Å². The molecular weight excluding hydrogens is 282 g/mol. The Hall–Kier alpha value is -2.58. The van der Waals surface area contributed by atoms with Crippen LogP contribution >= 0.6 is 0 Å². The second-order valence-corrected chi connectivity index (χ2v) is 5.71. The fourth-order valence-electron chi connectivity index (χ4n) is 2.65. The average molecular weight is 303 g/mol. The largest absolute Gasteiger partial charge is 0.489 e. The first kappa shape index (κ1) is 15.3. The van der Waals surface area contributed by atoms with E-state index in [9.17, 15) is 0 Å². The molecule has 3 rings (SSSR count). The fraction of sp³-hybridized carbons (Fsp3) is 0.143. The molecule has 2 heteroatoms. The minimum Gasteiger partial charge on any atom is -0.489 e. The molecule has 0 bridgehead atoms. The maximum absolute atomic E-state index is 5.92. The van der Waals surface area contributed by atoms with Crippen LogP contribution in [0, 0.1) is 6.92 Å². The van der Waals surface area contributed by atoms with Gasteiger partial charge >= 0.3 is 0 Å². The minimum atomic E-state index is 0.554. The number of nitrogens with two attached hydrogens (primary N) is 1. The van der Waals surface area contributed by atoms with Crippen LogP contribution in [0.15, 0.2) is 72.8 Å². The highest BCUT2D eigenvalue weighted by Crippen LogP contribution is 2.26. The van der Waals surface area contributed by atoms with Crippen molar-refractivity contribution in [1.29, 1.82) is 0 Å². The molecule has 2 N–H and O–H groups in total. The summed E-state index contributed by atoms with van der Waals surface area (Å²) in [7, 11) is 0. The summed E-state index contributed by atoms with van der Waals surface area (Å²) < 4.78 is 5.92. The van der Waals surface area contributed by atoms with Crippen LogP contribution < -0.4 is 10.5 Å². The molecular formula is C21H21NO. The summed E-state index contributed by atoms with van der Waals surface area (Å²) in [6.07, 6.45) is 0. The SMILES string of the molecule is Cc1cc(CN)cc(-c2cccc(OCc3ccccc3)c2)c1. The van der Waals surface area contributed by atoms with Gasteiger partial charge in [-0.2, -0.15) is 0 Å². The van der Waals surface area contributed by atoms with Crippen molar-refractivity contribution in [3.05, 3.63) is 89.5 Å². The average Bonchev–Trinajstić information content (AvgIpc) is 2.60. The molecule has 3 aromatic rings. The molecule has 2 nitrogen and oxygen atoms in total. The lowest BCUT2D eigenvalue weighted by molar-refractivity contribution is 0.306. The van der Waals surface area contributed by atoms with Crippen molar-refractivity contribution in [2.75, 3.05) is 0 Å². The van der Waals surface area contributed by atoms with Gasteiger partial charge in [-0.3, -0.25) is 0 Å². The van der Waals surface area contributed by atoms with Crippen LogP contribution in [0.25, 0.3) is 11.1 Å². The molecule has 0 aliphatic heterocycles. The summed E-state index contributed by atoms with van der Waals surface area (Å²) in [5, 5.41) is 0. The van der Waals surface area contributed by atoms with Gasteiger partial charge in [0.25, 0.3) is 0 Å². The van der Waals surface area contributed by atoms with Crippen LogP contribution in [0.4, 0.5) is 0 Å². The molecule has 0 radical (unpaired) electrons. The highest BCUT2D eigenvalue weighted by molar-refractivity contribution is 5.66. The van der Waals surface area contributed by atoms with E-state index in [2.05, 4.69) is 49.4 Å². The van der Waals surface area contributed by atoms with Crippen LogP contribution in [0.3, 0.4) is 0 Å². The molecule has 0 atom stereocenters. The second kappa shape index (κ2) is 7.12. The molecule has 0 fully saturated rings. The Morgan fingerprint density at radius 2 is 1.61 bits per heavy atom. The number of benzene rings is 3. The van der Waals surface area contributed by atoms with Crippen LogP contribution in [-0.4, -0.2) is 0 Å². The van der Waals surface area contributed by atoms with Gasteiger partial charge in [0, 0.05) is 6.54 Å². The van der Waals surface area contributed by atoms with Gasteiger partial charge in [-0.25, -0.2) is 0 Å². The van der Waals surface area contributed by atoms with Crippen molar-refractivity contribution in [3.8, 4) is 16.9 Å². The van der Waals surface area contributed by atoms with E-state index in [-0.39, 0.29) is 0 Å². The van der Waals surface area contributed by atoms with Crippen LogP contribution in [0.2, 0.25) is 0 Å². The van der Waals surface area contributed by atoms with Crippen molar-refractivity contribution < 1.29 is 4.74 Å². The zero-order valence-corrected chi connectivity index (χ0v) is 13.3. The van der Waals surface area contributed by atoms with E-state index >= 15 is 0 Å². The fourth-order valence-corrected chi connectivity index (χ4v) is 2.65. The summed E-state index contributed by atoms with van der Waals surface area (Å²) in [6, 6.07) is 24.8. The molecule has 0 unspecified atom stereocenters. The molecule has 0 saturated heterocycles. The summed E-state index contributed by atoms with van der Waals surface area (Å²) in [6.45, 7) is 3.23. The van der Waals surface area contributed by atoms with Crippen molar-refractivity contribution in [1.82, 2.24) is 0 Å². The summed E-state index contributed by atoms with van der Waals surface area (Å²) in [4.78, 5) is 0. The van der Waals surface area contributed by atoms with E-state index < -0.39 is 0 Å². The zero-order valence-electron chi connectivity index (χ0n) is 13.3. The van der Waals surface area contributed by atoms with Gasteiger partial charge < -0.3 is 10.5 Å². The smallest absolute Gasteiger partial charge is 0.120 e. The molecule has 0 heterocycles. The quantitative estimate of drug-likeness (QED) is 0.741. The molecule has 0 saturated carbocycles. The highest BCUT2D eigenvalue weighted by Gasteiger charge is 2.03. The Kier molecular flexibility index (Phi) is 4.74. The number of rotatable bonds is 5. The molecule has 23 heavy (non-hydrogen) atoms. The third-order valence-electron chi connectivity index (χ3n) is 3.79. The van der Waals surface area contributed by atoms with E-state index in [1.165, 1.54) is 16.7 Å². The van der Waals surface area contributed by atoms with Crippen molar-refractivity contribution in [2.45, 2.75) is 20.1 Å². The first-order chi connectivity index (χ1) is 11.2. The number of hydrogen-bond donors (Lipinski definition) is 1. The zero-order chi connectivity index (χ0) is 16.1. The Morgan fingerprint density at radius 1 is 0.783 bits per heavy atom. The predicted molar refractivity (Wildman–Crippen MR) is 95.3 cm³/mol. The minimum absolute atomic E-state index is 0.554. The summed E-state index contributed by atoms with van der Waals surface area (Å²) >= 11 is 0. The lowest BCUT2D eigenvalue weighted by Gasteiger charge is -2.10. The van der Waals surface area contributed by atoms with Gasteiger partial charge in [0.15, 0.2) is 0 Å². The normalized spacial score (nSPS) is 10.5. The molecule has 116 valence electrons. The lowest BCUT2D eigenvalue weighted by atomic mass is 10.00. The van der Waals surface area contributed by atoms with E-state index in [0.29, 0.717) is 13.2 Å². The Balaban J connectivity index is 1.81. The highest BCUT2D eigenvalue weighted by atomic mass is 16.5. The number of ether oxygens (including phenoxy) is 1. The predicted octanol–water partition coefficient (Wildman–Crippen LogP) is 4.70. The topological polar surface area (TPSA) is 35.2 Å². The van der Waals surface area contributed by atoms with Crippen LogP contribution in [-0.2, 0) is 13.2 Å². The van der Waals surface area contributed by atoms with E-state index in [1.54, 1.807) is 0 Å². The monoisotopic (exact) mass is 303 g/mol. The van der Waals surface area contributed by atoms with Crippen molar-refractivity contribution >= 4 is 0 Å². The molecule has 0 aliphatic carbocycles. The van der Waals surface area contributed by atoms with Gasteiger partial charge in [-0.05, 0) is 47.4 Å². The summed E-state index contributed by atoms with van der Waals surface area (Å²) in [5.41, 5.74) is 11.6. The van der Waals surface area contributed by atoms with Gasteiger partial charge in [0.2, 0.25) is 0 Å². The van der Waals surface area contributed by atoms with E-state index in [4.69, 9.17) is 10.5 Å². The Morgan fingerprint density at radius 3 is 2.39 bits per heavy atom. The standard InChI is InChI=1S/C21H21NO/c1-16-10-18(14-22)12-20(11-16)19-8-5-9-21(13-19)23-15-17-6-3-2-4-7-17/h2-13H,14-15,22H2,1H3. The van der Waals surface area contributed by atoms with Gasteiger partial charge in [-0.1, -0.05) is 60.2 Å². The van der Waals surface area contributed by atoms with Crippen molar-refractivity contribution in [3.63, 3.8) is 0 Å². The molecule has 0 amide bonds. The maximum Gasteiger partial charge on any atom is 0.120 e. The van der Waals surface area contributed by atoms with Gasteiger partial charge in [-0.15, -0.1) is 0 Å². The van der Waals surface area contributed by atoms with Crippen molar-refractivity contribution in [2.24, 2.45) is 5.73 Å². The lowest BCUT2D eigenvalue weighted by Crippen LogP contribution is -1.97. The molecule has 0 aliphatic rings. The third kappa shape index (κ3) is 3.99. The van der Waals surface area contributed by atoms with E-state index in [1.807, 2.05) is 30.3 Å². The maximum atomic E-state index is 5.92. The second-order valence-electron chi connectivity index (χ2n) is 5.71. The van der Waals surface area contributed by atoms with E-state index in [0.717, 1.165) is 16.9 Å². The molecule has 0 spiro atoms. The first-order valence-corrected chi connectivity index (χ1v) is 7.82. The Labute approximate surface area is 137 Å². The number of hydrogen-bond acceptors (Lipinski definition) is 2. The molecule has 3 aromatic carbocycles. The molecule has 0 aromatic heterocycles. The summed E-state index contributed by atoms with van der Waals surface area (Å²) in [5.74, 6) is 0.877. The third-order valence-corrected chi connectivity index (χ3v) is 3.79. The first-order valence-electron chi connectivity index (χ1n) is 7.82. The van der Waals surface area contributed by atoms with Gasteiger partial charge in [0.1, 0.15) is 12.4 Å². The van der Waals surface area contributed by atoms with Gasteiger partial charge in [0.05, 0.1) is 0 Å². The number of aryl methyl sites for hydroxylation is 1.